The van der Waals surface area contributed by atoms with Crippen molar-refractivity contribution in [1.29, 1.82) is 0 Å². The van der Waals surface area contributed by atoms with Crippen molar-refractivity contribution in [3.63, 3.8) is 0 Å². The molecular weight excluding hydrogens is 422 g/mol. The summed E-state index contributed by atoms with van der Waals surface area (Å²) in [5, 5.41) is 0. The quantitative estimate of drug-likeness (QED) is 0.541. The van der Waals surface area contributed by atoms with Gasteiger partial charge in [0, 0.05) is 49.4 Å². The van der Waals surface area contributed by atoms with E-state index in [1.165, 1.54) is 0 Å². The normalized spacial score (nSPS) is 4.50. The zero-order valence-electron chi connectivity index (χ0n) is 1.54. The minimum atomic E-state index is 0. The Balaban J connectivity index is 0. The molecule has 0 aromatic heterocycles. The molecule has 0 aromatic rings. The summed E-state index contributed by atoms with van der Waals surface area (Å²) in [5.41, 5.74) is 0. The summed E-state index contributed by atoms with van der Waals surface area (Å²) in [7, 11) is 0. The maximum atomic E-state index is 4.19. The standard InChI is InChI=1S/Eu.I2O/c;1-3-2. The molecule has 0 saturated heterocycles. The largest absolute Gasteiger partial charge is 0.247 e. The molecular formula is EuI2O. The zero-order chi connectivity index (χ0) is 2.71. The summed E-state index contributed by atoms with van der Waals surface area (Å²) >= 11 is 3.55. The third kappa shape index (κ3) is 8.89. The summed E-state index contributed by atoms with van der Waals surface area (Å²) in [6.45, 7) is 0. The minimum Gasteiger partial charge on any atom is -0.247 e. The van der Waals surface area contributed by atoms with Crippen molar-refractivity contribution < 1.29 is 50.8 Å². The van der Waals surface area contributed by atoms with Crippen molar-refractivity contribution in [1.82, 2.24) is 0 Å². The maximum absolute atomic E-state index is 4.19. The molecule has 0 N–H and O–H groups in total. The fourth-order valence-electron chi connectivity index (χ4n) is 0. The zero-order valence-corrected chi connectivity index (χ0v) is 8.28. The van der Waals surface area contributed by atoms with Crippen molar-refractivity contribution in [3.05, 3.63) is 0 Å². The van der Waals surface area contributed by atoms with Gasteiger partial charge in [-0.3, -0.25) is 0 Å². The predicted molar refractivity (Wildman–Crippen MR) is 29.1 cm³/mol. The van der Waals surface area contributed by atoms with Crippen molar-refractivity contribution in [2.75, 3.05) is 0 Å². The Morgan fingerprint density at radius 2 is 1.25 bits per heavy atom. The molecule has 0 bridgehead atoms. The molecule has 0 amide bonds. The molecule has 0 heterocycles. The van der Waals surface area contributed by atoms with Gasteiger partial charge in [0.25, 0.3) is 0 Å². The second-order valence-electron chi connectivity index (χ2n) is 0.0583. The molecule has 4 heavy (non-hydrogen) atoms. The van der Waals surface area contributed by atoms with Crippen LogP contribution in [-0.2, 0) is 1.40 Å². The molecule has 1 radical (unpaired) electrons. The molecule has 0 aliphatic rings. The van der Waals surface area contributed by atoms with E-state index in [-0.39, 0.29) is 49.4 Å². The number of hydrogen-bond donors (Lipinski definition) is 0. The van der Waals surface area contributed by atoms with Gasteiger partial charge in [0.1, 0.15) is 46.0 Å². The van der Waals surface area contributed by atoms with Gasteiger partial charge in [0.15, 0.2) is 0 Å². The van der Waals surface area contributed by atoms with Gasteiger partial charge in [-0.1, -0.05) is 0 Å². The van der Waals surface area contributed by atoms with E-state index in [1.807, 2.05) is 0 Å². The van der Waals surface area contributed by atoms with Crippen molar-refractivity contribution >= 4 is 46.0 Å². The molecule has 0 atom stereocenters. The second kappa shape index (κ2) is 9.38. The van der Waals surface area contributed by atoms with E-state index >= 15 is 0 Å². The summed E-state index contributed by atoms with van der Waals surface area (Å²) < 4.78 is 4.19. The van der Waals surface area contributed by atoms with E-state index in [2.05, 4.69) is 1.40 Å². The molecule has 0 unspecified atom stereocenters. The number of rotatable bonds is 0. The van der Waals surface area contributed by atoms with Gasteiger partial charge >= 0.3 is 0 Å². The van der Waals surface area contributed by atoms with Crippen LogP contribution in [0.25, 0.3) is 0 Å². The molecule has 0 rings (SSSR count). The van der Waals surface area contributed by atoms with Crippen LogP contribution in [0.3, 0.4) is 0 Å². The summed E-state index contributed by atoms with van der Waals surface area (Å²) in [6, 6.07) is 0. The Labute approximate surface area is 94.2 Å². The van der Waals surface area contributed by atoms with Gasteiger partial charge in [-0.15, -0.1) is 0 Å². The average Bonchev–Trinajstić information content (AvgIpc) is 0.918. The van der Waals surface area contributed by atoms with Crippen LogP contribution in [0, 0.1) is 49.4 Å². The Kier molecular flexibility index (Phi) is 23.6. The van der Waals surface area contributed by atoms with Gasteiger partial charge in [-0.2, -0.15) is 0 Å². The van der Waals surface area contributed by atoms with Gasteiger partial charge in [0.2, 0.25) is 0 Å². The molecule has 1 nitrogen and oxygen atoms in total. The molecule has 0 aromatic carbocycles. The smallest absolute Gasteiger partial charge is 0.124 e. The van der Waals surface area contributed by atoms with Crippen molar-refractivity contribution in [2.24, 2.45) is 0 Å². The van der Waals surface area contributed by atoms with E-state index in [1.54, 1.807) is 46.0 Å². The molecule has 0 aliphatic carbocycles. The number of hydrogen-bond acceptors (Lipinski definition) is 1. The van der Waals surface area contributed by atoms with Crippen molar-refractivity contribution in [2.45, 2.75) is 0 Å². The fraction of sp³-hybridized carbons (Fsp3) is 0. The van der Waals surface area contributed by atoms with Crippen LogP contribution < -0.4 is 0 Å². The Hall–Kier alpha value is 3.00. The van der Waals surface area contributed by atoms with Gasteiger partial charge in [-0.25, -0.2) is 1.40 Å². The molecule has 0 saturated carbocycles. The third-order valence-corrected chi connectivity index (χ3v) is 0. The van der Waals surface area contributed by atoms with E-state index in [9.17, 15) is 0 Å². The van der Waals surface area contributed by atoms with Crippen LogP contribution in [0.5, 0.6) is 0 Å². The van der Waals surface area contributed by atoms with Crippen LogP contribution >= 0.6 is 46.0 Å². The van der Waals surface area contributed by atoms with Crippen LogP contribution in [0.15, 0.2) is 0 Å². The van der Waals surface area contributed by atoms with E-state index in [0.29, 0.717) is 0 Å². The molecule has 0 spiro atoms. The maximum Gasteiger partial charge on any atom is 0.124 e. The molecule has 0 fully saturated rings. The predicted octanol–water partition coefficient (Wildman–Crippen LogP) is 1.70. The van der Waals surface area contributed by atoms with Gasteiger partial charge in [-0.05, 0) is 0 Å². The number of halogens is 2. The van der Waals surface area contributed by atoms with Gasteiger partial charge < -0.3 is 0 Å². The summed E-state index contributed by atoms with van der Waals surface area (Å²) in [6.07, 6.45) is 0. The topological polar surface area (TPSA) is 9.23 Å². The monoisotopic (exact) mass is 423 g/mol. The van der Waals surface area contributed by atoms with Crippen LogP contribution in [0.2, 0.25) is 0 Å². The fourth-order valence-corrected chi connectivity index (χ4v) is 0. The van der Waals surface area contributed by atoms with E-state index in [4.69, 9.17) is 0 Å². The average molecular weight is 422 g/mol. The Morgan fingerprint density at radius 1 is 1.25 bits per heavy atom. The minimum absolute atomic E-state index is 0. The van der Waals surface area contributed by atoms with Crippen LogP contribution in [0.4, 0.5) is 0 Å². The first-order chi connectivity index (χ1) is 1.41. The summed E-state index contributed by atoms with van der Waals surface area (Å²) in [4.78, 5) is 0. The molecule has 0 aliphatic heterocycles. The first-order valence-corrected chi connectivity index (χ1v) is 2.07. The SMILES string of the molecule is IOI.[Eu]. The van der Waals surface area contributed by atoms with Gasteiger partial charge in [0.05, 0.1) is 0 Å². The summed E-state index contributed by atoms with van der Waals surface area (Å²) in [5.74, 6) is 0. The van der Waals surface area contributed by atoms with E-state index < -0.39 is 0 Å². The first-order valence-electron chi connectivity index (χ1n) is 0.309. The van der Waals surface area contributed by atoms with Crippen LogP contribution in [-0.4, -0.2) is 0 Å². The molecule has 4 heteroatoms. The first kappa shape index (κ1) is 10.1. The Bertz CT molecular complexity index is 6.00. The van der Waals surface area contributed by atoms with Crippen LogP contribution in [0.1, 0.15) is 0 Å². The second-order valence-corrected chi connectivity index (χ2v) is 2.62. The van der Waals surface area contributed by atoms with E-state index in [0.717, 1.165) is 0 Å². The third-order valence-electron chi connectivity index (χ3n) is 0. The Morgan fingerprint density at radius 3 is 1.25 bits per heavy atom. The van der Waals surface area contributed by atoms with Crippen molar-refractivity contribution in [3.8, 4) is 0 Å². The molecule has 27 valence electrons.